The number of halogens is 1. The molecule has 2 unspecified atom stereocenters. The molecule has 1 amide bonds. The van der Waals surface area contributed by atoms with E-state index in [0.717, 1.165) is 24.3 Å². The van der Waals surface area contributed by atoms with E-state index in [1.165, 1.54) is 0 Å². The molecule has 2 rings (SSSR count). The van der Waals surface area contributed by atoms with Crippen LogP contribution < -0.4 is 10.5 Å². The van der Waals surface area contributed by atoms with Crippen LogP contribution in [0.15, 0.2) is 24.3 Å². The van der Waals surface area contributed by atoms with Gasteiger partial charge >= 0.3 is 0 Å². The Labute approximate surface area is 158 Å². The van der Waals surface area contributed by atoms with Gasteiger partial charge in [0.15, 0.2) is 0 Å². The molecule has 4 nitrogen and oxygen atoms in total. The van der Waals surface area contributed by atoms with Crippen LogP contribution in [0.2, 0.25) is 0 Å². The summed E-state index contributed by atoms with van der Waals surface area (Å²) in [7, 11) is 0. The fraction of sp³-hybridized carbons (Fsp3) is 0.650. The van der Waals surface area contributed by atoms with Gasteiger partial charge in [-0.05, 0) is 63.3 Å². The lowest BCUT2D eigenvalue weighted by Gasteiger charge is -2.32. The van der Waals surface area contributed by atoms with Crippen LogP contribution in [-0.2, 0) is 10.2 Å². The Kier molecular flexibility index (Phi) is 7.76. The average molecular weight is 369 g/mol. The molecule has 1 aromatic carbocycles. The topological polar surface area (TPSA) is 55.6 Å². The Balaban J connectivity index is 0.00000312. The maximum absolute atomic E-state index is 13.1. The van der Waals surface area contributed by atoms with Crippen molar-refractivity contribution >= 4 is 18.3 Å². The van der Waals surface area contributed by atoms with Crippen molar-refractivity contribution in [1.29, 1.82) is 0 Å². The van der Waals surface area contributed by atoms with Crippen LogP contribution >= 0.6 is 12.4 Å². The van der Waals surface area contributed by atoms with Crippen LogP contribution in [0.5, 0.6) is 5.75 Å². The van der Waals surface area contributed by atoms with Gasteiger partial charge in [0.05, 0.1) is 12.0 Å². The van der Waals surface area contributed by atoms with Gasteiger partial charge in [0.2, 0.25) is 5.91 Å². The third-order valence-corrected chi connectivity index (χ3v) is 4.95. The molecule has 1 aliphatic heterocycles. The molecule has 0 spiro atoms. The van der Waals surface area contributed by atoms with E-state index >= 15 is 0 Å². The quantitative estimate of drug-likeness (QED) is 0.834. The SMILES string of the molecule is CC(C)COc1ccc(C(C)(C)C(=O)N2CC(CN)CC2C)cc1.Cl. The number of nitrogens with two attached hydrogens (primary N) is 1. The number of hydrogen-bond acceptors (Lipinski definition) is 3. The molecule has 1 aromatic rings. The summed E-state index contributed by atoms with van der Waals surface area (Å²) in [6.45, 7) is 12.5. The van der Waals surface area contributed by atoms with Gasteiger partial charge in [0.25, 0.3) is 0 Å². The second-order valence-electron chi connectivity index (χ2n) is 8.00. The van der Waals surface area contributed by atoms with Crippen molar-refractivity contribution in [2.24, 2.45) is 17.6 Å². The number of rotatable bonds is 6. The van der Waals surface area contributed by atoms with E-state index in [0.29, 0.717) is 25.0 Å². The van der Waals surface area contributed by atoms with Crippen LogP contribution in [0.3, 0.4) is 0 Å². The zero-order valence-corrected chi connectivity index (χ0v) is 16.9. The van der Waals surface area contributed by atoms with Crippen molar-refractivity contribution in [3.63, 3.8) is 0 Å². The van der Waals surface area contributed by atoms with Crippen LogP contribution in [-0.4, -0.2) is 36.5 Å². The van der Waals surface area contributed by atoms with Crippen LogP contribution in [0, 0.1) is 11.8 Å². The summed E-state index contributed by atoms with van der Waals surface area (Å²) >= 11 is 0. The summed E-state index contributed by atoms with van der Waals surface area (Å²) in [5.41, 5.74) is 6.27. The number of hydrogen-bond donors (Lipinski definition) is 1. The first-order valence-electron chi connectivity index (χ1n) is 9.00. The highest BCUT2D eigenvalue weighted by molar-refractivity contribution is 5.88. The lowest BCUT2D eigenvalue weighted by molar-refractivity contribution is -0.136. The predicted octanol–water partition coefficient (Wildman–Crippen LogP) is 3.62. The standard InChI is InChI=1S/C20H32N2O2.ClH/c1-14(2)13-24-18-8-6-17(7-9-18)20(4,5)19(23)22-12-16(11-21)10-15(22)3;/h6-9,14-16H,10-13,21H2,1-5H3;1H. The number of carbonyl (C=O) groups excluding carboxylic acids is 1. The number of ether oxygens (including phenoxy) is 1. The van der Waals surface area contributed by atoms with Crippen molar-refractivity contribution in [3.8, 4) is 5.75 Å². The highest BCUT2D eigenvalue weighted by atomic mass is 35.5. The van der Waals surface area contributed by atoms with E-state index in [4.69, 9.17) is 10.5 Å². The van der Waals surface area contributed by atoms with Crippen molar-refractivity contribution in [2.75, 3.05) is 19.7 Å². The predicted molar refractivity (Wildman–Crippen MR) is 105 cm³/mol. The third kappa shape index (κ3) is 5.11. The molecule has 1 heterocycles. The van der Waals surface area contributed by atoms with E-state index in [1.54, 1.807) is 0 Å². The smallest absolute Gasteiger partial charge is 0.232 e. The molecule has 0 aromatic heterocycles. The second-order valence-corrected chi connectivity index (χ2v) is 8.00. The van der Waals surface area contributed by atoms with Crippen molar-refractivity contribution in [2.45, 2.75) is 52.5 Å². The van der Waals surface area contributed by atoms with Gasteiger partial charge in [-0.2, -0.15) is 0 Å². The van der Waals surface area contributed by atoms with Gasteiger partial charge in [-0.3, -0.25) is 4.79 Å². The minimum Gasteiger partial charge on any atom is -0.493 e. The maximum Gasteiger partial charge on any atom is 0.232 e. The van der Waals surface area contributed by atoms with Crippen molar-refractivity contribution < 1.29 is 9.53 Å². The summed E-state index contributed by atoms with van der Waals surface area (Å²) in [4.78, 5) is 15.1. The molecule has 0 saturated carbocycles. The minimum absolute atomic E-state index is 0. The van der Waals surface area contributed by atoms with Crippen LogP contribution in [0.1, 0.15) is 46.6 Å². The van der Waals surface area contributed by atoms with Gasteiger partial charge in [-0.25, -0.2) is 0 Å². The molecule has 2 atom stereocenters. The van der Waals surface area contributed by atoms with Gasteiger partial charge in [0.1, 0.15) is 5.75 Å². The monoisotopic (exact) mass is 368 g/mol. The molecular formula is C20H33ClN2O2. The van der Waals surface area contributed by atoms with Crippen LogP contribution in [0.25, 0.3) is 0 Å². The number of carbonyl (C=O) groups is 1. The van der Waals surface area contributed by atoms with E-state index in [9.17, 15) is 4.79 Å². The molecule has 2 N–H and O–H groups in total. The maximum atomic E-state index is 13.1. The fourth-order valence-electron chi connectivity index (χ4n) is 3.31. The minimum atomic E-state index is -0.547. The highest BCUT2D eigenvalue weighted by Gasteiger charge is 2.39. The number of likely N-dealkylation sites (tertiary alicyclic amines) is 1. The largest absolute Gasteiger partial charge is 0.493 e. The van der Waals surface area contributed by atoms with Gasteiger partial charge in [-0.15, -0.1) is 12.4 Å². The first-order valence-corrected chi connectivity index (χ1v) is 9.00. The molecule has 0 bridgehead atoms. The van der Waals surface area contributed by atoms with Crippen molar-refractivity contribution in [1.82, 2.24) is 4.90 Å². The zero-order chi connectivity index (χ0) is 17.9. The Morgan fingerprint density at radius 3 is 2.40 bits per heavy atom. The summed E-state index contributed by atoms with van der Waals surface area (Å²) in [6, 6.07) is 8.20. The Bertz CT molecular complexity index is 557. The molecule has 0 aliphatic carbocycles. The third-order valence-electron chi connectivity index (χ3n) is 4.95. The second kappa shape index (κ2) is 8.91. The van der Waals surface area contributed by atoms with Gasteiger partial charge in [0, 0.05) is 12.6 Å². The lowest BCUT2D eigenvalue weighted by Crippen LogP contribution is -2.45. The van der Waals surface area contributed by atoms with Crippen molar-refractivity contribution in [3.05, 3.63) is 29.8 Å². The highest BCUT2D eigenvalue weighted by Crippen LogP contribution is 2.32. The Morgan fingerprint density at radius 1 is 1.32 bits per heavy atom. The Hall–Kier alpha value is -1.26. The lowest BCUT2D eigenvalue weighted by atomic mass is 9.83. The first kappa shape index (κ1) is 21.8. The first-order chi connectivity index (χ1) is 11.3. The zero-order valence-electron chi connectivity index (χ0n) is 16.1. The number of amides is 1. The van der Waals surface area contributed by atoms with E-state index in [2.05, 4.69) is 20.8 Å². The van der Waals surface area contributed by atoms with E-state index in [-0.39, 0.29) is 24.4 Å². The summed E-state index contributed by atoms with van der Waals surface area (Å²) in [5, 5.41) is 0. The molecule has 1 fully saturated rings. The molecule has 1 aliphatic rings. The molecule has 5 heteroatoms. The summed E-state index contributed by atoms with van der Waals surface area (Å²) in [5.74, 6) is 1.96. The van der Waals surface area contributed by atoms with E-state index in [1.807, 2.05) is 43.0 Å². The Morgan fingerprint density at radius 2 is 1.92 bits per heavy atom. The van der Waals surface area contributed by atoms with Crippen LogP contribution in [0.4, 0.5) is 0 Å². The number of nitrogens with zero attached hydrogens (tertiary/aromatic N) is 1. The normalized spacial score (nSPS) is 20.5. The number of benzene rings is 1. The molecule has 142 valence electrons. The average Bonchev–Trinajstić information content (AvgIpc) is 2.93. The fourth-order valence-corrected chi connectivity index (χ4v) is 3.31. The molecule has 0 radical (unpaired) electrons. The van der Waals surface area contributed by atoms with E-state index < -0.39 is 5.41 Å². The molecule has 1 saturated heterocycles. The molecule has 25 heavy (non-hydrogen) atoms. The molecular weight excluding hydrogens is 336 g/mol. The summed E-state index contributed by atoms with van der Waals surface area (Å²) in [6.07, 6.45) is 1.00. The van der Waals surface area contributed by atoms with Gasteiger partial charge in [-0.1, -0.05) is 26.0 Å². The van der Waals surface area contributed by atoms with Gasteiger partial charge < -0.3 is 15.4 Å². The summed E-state index contributed by atoms with van der Waals surface area (Å²) < 4.78 is 5.73.